The topological polar surface area (TPSA) is 89.2 Å². The number of thioether (sulfide) groups is 1. The number of carbonyl (C=O) groups is 1. The summed E-state index contributed by atoms with van der Waals surface area (Å²) in [6, 6.07) is 23.9. The van der Waals surface area contributed by atoms with Crippen LogP contribution in [0.4, 0.5) is 5.82 Å². The predicted octanol–water partition coefficient (Wildman–Crippen LogP) is 5.96. The van der Waals surface area contributed by atoms with E-state index in [2.05, 4.69) is 16.5 Å². The maximum absolute atomic E-state index is 13.2. The molecule has 0 aliphatic carbocycles. The monoisotopic (exact) mass is 504 g/mol. The Morgan fingerprint density at radius 3 is 2.46 bits per heavy atom. The van der Waals surface area contributed by atoms with E-state index in [1.165, 1.54) is 26.0 Å². The molecule has 0 spiro atoms. The quantitative estimate of drug-likeness (QED) is 0.298. The van der Waals surface area contributed by atoms with Crippen LogP contribution in [0, 0.1) is 11.3 Å². The summed E-state index contributed by atoms with van der Waals surface area (Å²) >= 11 is 7.68. The van der Waals surface area contributed by atoms with Crippen LogP contribution in [0.5, 0.6) is 11.5 Å². The number of amides is 1. The van der Waals surface area contributed by atoms with Gasteiger partial charge in [-0.3, -0.25) is 4.79 Å². The van der Waals surface area contributed by atoms with E-state index in [0.717, 1.165) is 5.56 Å². The Morgan fingerprint density at radius 2 is 1.77 bits per heavy atom. The first kappa shape index (κ1) is 24.2. The molecule has 7 nitrogen and oxygen atoms in total. The molecule has 176 valence electrons. The molecule has 4 rings (SSSR count). The smallest absolute Gasteiger partial charge is 0.256 e. The van der Waals surface area contributed by atoms with Crippen molar-refractivity contribution in [3.05, 3.63) is 94.5 Å². The summed E-state index contributed by atoms with van der Waals surface area (Å²) in [4.78, 5) is 13.2. The van der Waals surface area contributed by atoms with Crippen molar-refractivity contribution in [3.63, 3.8) is 0 Å². The van der Waals surface area contributed by atoms with Crippen LogP contribution in [0.2, 0.25) is 5.02 Å². The highest BCUT2D eigenvalue weighted by Crippen LogP contribution is 2.34. The average Bonchev–Trinajstić information content (AvgIpc) is 3.25. The van der Waals surface area contributed by atoms with Gasteiger partial charge in [0.15, 0.2) is 17.3 Å². The number of ether oxygens (including phenoxy) is 2. The Kier molecular flexibility index (Phi) is 7.60. The van der Waals surface area contributed by atoms with E-state index >= 15 is 0 Å². The third-order valence-electron chi connectivity index (χ3n) is 5.17. The van der Waals surface area contributed by atoms with Crippen molar-refractivity contribution in [2.24, 2.45) is 0 Å². The average molecular weight is 505 g/mol. The van der Waals surface area contributed by atoms with Crippen molar-refractivity contribution < 1.29 is 14.3 Å². The molecule has 0 radical (unpaired) electrons. The molecule has 1 amide bonds. The van der Waals surface area contributed by atoms with E-state index in [1.807, 2.05) is 54.6 Å². The third kappa shape index (κ3) is 5.27. The number of para-hydroxylation sites is 1. The molecule has 35 heavy (non-hydrogen) atoms. The van der Waals surface area contributed by atoms with Crippen LogP contribution < -0.4 is 14.8 Å². The van der Waals surface area contributed by atoms with E-state index in [1.54, 1.807) is 22.9 Å². The van der Waals surface area contributed by atoms with Gasteiger partial charge in [-0.15, -0.1) is 0 Å². The lowest BCUT2D eigenvalue weighted by molar-refractivity contribution is 0.102. The van der Waals surface area contributed by atoms with Crippen LogP contribution >= 0.6 is 23.4 Å². The number of methoxy groups -OCH3 is 2. The highest BCUT2D eigenvalue weighted by molar-refractivity contribution is 7.98. The second-order valence-corrected chi connectivity index (χ2v) is 8.66. The first-order valence-electron chi connectivity index (χ1n) is 10.5. The van der Waals surface area contributed by atoms with Crippen molar-refractivity contribution in [2.45, 2.75) is 10.8 Å². The van der Waals surface area contributed by atoms with Crippen LogP contribution in [0.15, 0.2) is 77.8 Å². The molecule has 9 heteroatoms. The highest BCUT2D eigenvalue weighted by Gasteiger charge is 2.23. The summed E-state index contributed by atoms with van der Waals surface area (Å²) < 4.78 is 12.1. The largest absolute Gasteiger partial charge is 0.493 e. The van der Waals surface area contributed by atoms with Gasteiger partial charge in [0.1, 0.15) is 16.7 Å². The number of aromatic nitrogens is 2. The van der Waals surface area contributed by atoms with E-state index < -0.39 is 5.91 Å². The van der Waals surface area contributed by atoms with Crippen molar-refractivity contribution in [1.82, 2.24) is 9.78 Å². The van der Waals surface area contributed by atoms with Gasteiger partial charge in [-0.25, -0.2) is 4.68 Å². The zero-order valence-corrected chi connectivity index (χ0v) is 20.6. The van der Waals surface area contributed by atoms with Gasteiger partial charge in [0.05, 0.1) is 19.9 Å². The normalized spacial score (nSPS) is 10.5. The molecule has 0 fully saturated rings. The fourth-order valence-corrected chi connectivity index (χ4v) is 4.64. The molecule has 0 unspecified atom stereocenters. The lowest BCUT2D eigenvalue weighted by Crippen LogP contribution is -2.16. The number of rotatable bonds is 8. The Hall–Kier alpha value is -3.93. The number of benzene rings is 3. The van der Waals surface area contributed by atoms with Gasteiger partial charge in [0.25, 0.3) is 5.91 Å². The SMILES string of the molecule is COc1ccc(C(=O)Nc2c(C#N)c(SCc3ccccc3Cl)nn2-c2ccccc2)cc1OC. The van der Waals surface area contributed by atoms with E-state index in [9.17, 15) is 10.1 Å². The van der Waals surface area contributed by atoms with E-state index in [0.29, 0.717) is 38.6 Å². The molecule has 0 aliphatic rings. The van der Waals surface area contributed by atoms with Gasteiger partial charge in [0, 0.05) is 16.3 Å². The highest BCUT2D eigenvalue weighted by atomic mass is 35.5. The van der Waals surface area contributed by atoms with E-state index in [-0.39, 0.29) is 11.4 Å². The van der Waals surface area contributed by atoms with Gasteiger partial charge < -0.3 is 14.8 Å². The summed E-state index contributed by atoms with van der Waals surface area (Å²) in [5, 5.41) is 18.7. The minimum absolute atomic E-state index is 0.264. The minimum atomic E-state index is -0.415. The predicted molar refractivity (Wildman–Crippen MR) is 137 cm³/mol. The summed E-state index contributed by atoms with van der Waals surface area (Å²) in [6.45, 7) is 0. The van der Waals surface area contributed by atoms with Crippen LogP contribution in [-0.4, -0.2) is 29.9 Å². The van der Waals surface area contributed by atoms with Crippen LogP contribution in [0.1, 0.15) is 21.5 Å². The first-order valence-corrected chi connectivity index (χ1v) is 11.9. The van der Waals surface area contributed by atoms with Crippen LogP contribution in [0.3, 0.4) is 0 Å². The fraction of sp³-hybridized carbons (Fsp3) is 0.115. The number of hydrogen-bond acceptors (Lipinski definition) is 6. The molecule has 1 heterocycles. The number of carbonyl (C=O) groups excluding carboxylic acids is 1. The molecule has 0 saturated heterocycles. The number of anilines is 1. The standard InChI is InChI=1S/C26H21ClN4O3S/c1-33-22-13-12-17(14-23(22)34-2)25(32)29-24-20(15-28)26(30-31(24)19-9-4-3-5-10-19)35-16-18-8-6-7-11-21(18)27/h3-14H,16H2,1-2H3,(H,29,32). The zero-order valence-electron chi connectivity index (χ0n) is 19.0. The molecule has 1 N–H and O–H groups in total. The zero-order chi connectivity index (χ0) is 24.8. The maximum Gasteiger partial charge on any atom is 0.256 e. The summed E-state index contributed by atoms with van der Waals surface area (Å²) in [5.41, 5.74) is 2.24. The van der Waals surface area contributed by atoms with Gasteiger partial charge in [-0.1, -0.05) is 59.8 Å². The van der Waals surface area contributed by atoms with Gasteiger partial charge in [0.2, 0.25) is 0 Å². The van der Waals surface area contributed by atoms with Crippen LogP contribution in [-0.2, 0) is 5.75 Å². The fourth-order valence-electron chi connectivity index (χ4n) is 3.39. The van der Waals surface area contributed by atoms with Gasteiger partial charge >= 0.3 is 0 Å². The first-order chi connectivity index (χ1) is 17.0. The van der Waals surface area contributed by atoms with Crippen molar-refractivity contribution in [2.75, 3.05) is 19.5 Å². The summed E-state index contributed by atoms with van der Waals surface area (Å²) in [7, 11) is 3.03. The van der Waals surface area contributed by atoms with Crippen molar-refractivity contribution >= 4 is 35.1 Å². The molecule has 0 atom stereocenters. The van der Waals surface area contributed by atoms with Crippen LogP contribution in [0.25, 0.3) is 5.69 Å². The van der Waals surface area contributed by atoms with Crippen molar-refractivity contribution in [1.29, 1.82) is 5.26 Å². The number of nitrogens with zero attached hydrogens (tertiary/aromatic N) is 3. The number of nitriles is 1. The lowest BCUT2D eigenvalue weighted by atomic mass is 10.2. The second kappa shape index (κ2) is 11.0. The minimum Gasteiger partial charge on any atom is -0.493 e. The molecule has 4 aromatic rings. The number of hydrogen-bond donors (Lipinski definition) is 1. The lowest BCUT2D eigenvalue weighted by Gasteiger charge is -2.11. The Labute approximate surface area is 212 Å². The molecule has 0 saturated carbocycles. The number of nitrogens with one attached hydrogen (secondary N) is 1. The van der Waals surface area contributed by atoms with E-state index in [4.69, 9.17) is 21.1 Å². The molecule has 0 bridgehead atoms. The molecule has 1 aromatic heterocycles. The Bertz CT molecular complexity index is 1400. The molecule has 3 aromatic carbocycles. The molecular weight excluding hydrogens is 484 g/mol. The molecule has 0 aliphatic heterocycles. The maximum atomic E-state index is 13.2. The summed E-state index contributed by atoms with van der Waals surface area (Å²) in [5.74, 6) is 1.31. The van der Waals surface area contributed by atoms with Gasteiger partial charge in [-0.2, -0.15) is 10.4 Å². The second-order valence-electron chi connectivity index (χ2n) is 7.29. The van der Waals surface area contributed by atoms with Crippen molar-refractivity contribution in [3.8, 4) is 23.3 Å². The molecular formula is C26H21ClN4O3S. The summed E-state index contributed by atoms with van der Waals surface area (Å²) in [6.07, 6.45) is 0. The third-order valence-corrected chi connectivity index (χ3v) is 6.55. The Morgan fingerprint density at radius 1 is 1.06 bits per heavy atom. The Balaban J connectivity index is 1.71. The number of halogens is 1. The van der Waals surface area contributed by atoms with Gasteiger partial charge in [-0.05, 0) is 42.0 Å².